The topological polar surface area (TPSA) is 47.0 Å². The molecule has 0 saturated heterocycles. The molecule has 0 radical (unpaired) electrons. The van der Waals surface area contributed by atoms with E-state index in [2.05, 4.69) is 36.1 Å². The number of rotatable bonds is 6. The van der Waals surface area contributed by atoms with Crippen LogP contribution >= 0.6 is 0 Å². The van der Waals surface area contributed by atoms with Crippen LogP contribution in [0.15, 0.2) is 6.33 Å². The van der Waals surface area contributed by atoms with Crippen molar-refractivity contribution in [2.75, 3.05) is 11.9 Å². The zero-order chi connectivity index (χ0) is 14.4. The van der Waals surface area contributed by atoms with Gasteiger partial charge in [0.05, 0.1) is 5.56 Å². The molecule has 1 N–H and O–H groups in total. The Morgan fingerprint density at radius 2 is 2.15 bits per heavy atom. The highest BCUT2D eigenvalue weighted by atomic mass is 16.5. The lowest BCUT2D eigenvalue weighted by atomic mass is 9.89. The molecule has 1 aromatic rings. The molecular formula is C16H27N3O. The van der Waals surface area contributed by atoms with Crippen molar-refractivity contribution < 1.29 is 4.74 Å². The number of aromatic nitrogens is 2. The lowest BCUT2D eigenvalue weighted by Crippen LogP contribution is -2.25. The third-order valence-corrected chi connectivity index (χ3v) is 3.97. The van der Waals surface area contributed by atoms with E-state index in [1.54, 1.807) is 6.33 Å². The number of hydrogen-bond acceptors (Lipinski definition) is 4. The zero-order valence-corrected chi connectivity index (χ0v) is 13.0. The summed E-state index contributed by atoms with van der Waals surface area (Å²) in [6.45, 7) is 7.53. The van der Waals surface area contributed by atoms with Gasteiger partial charge in [0.15, 0.2) is 0 Å². The average Bonchev–Trinajstić information content (AvgIpc) is 2.45. The fraction of sp³-hybridized carbons (Fsp3) is 0.750. The summed E-state index contributed by atoms with van der Waals surface area (Å²) in [4.78, 5) is 8.72. The molecule has 2 rings (SSSR count). The van der Waals surface area contributed by atoms with Crippen molar-refractivity contribution in [3.63, 3.8) is 0 Å². The smallest absolute Gasteiger partial charge is 0.222 e. The monoisotopic (exact) mass is 277 g/mol. The van der Waals surface area contributed by atoms with E-state index >= 15 is 0 Å². The van der Waals surface area contributed by atoms with E-state index in [-0.39, 0.29) is 0 Å². The highest BCUT2D eigenvalue weighted by molar-refractivity contribution is 5.48. The molecule has 0 aliphatic heterocycles. The van der Waals surface area contributed by atoms with Gasteiger partial charge in [-0.15, -0.1) is 0 Å². The second kappa shape index (κ2) is 7.46. The van der Waals surface area contributed by atoms with Crippen molar-refractivity contribution in [1.82, 2.24) is 9.97 Å². The SMILES string of the molecule is CCCNc1ncnc(OC2CCCC(C)C2)c1CC. The molecule has 1 aliphatic carbocycles. The van der Waals surface area contributed by atoms with E-state index in [4.69, 9.17) is 4.74 Å². The minimum absolute atomic E-state index is 0.318. The van der Waals surface area contributed by atoms with E-state index in [9.17, 15) is 0 Å². The van der Waals surface area contributed by atoms with Gasteiger partial charge in [0, 0.05) is 6.54 Å². The molecule has 112 valence electrons. The van der Waals surface area contributed by atoms with Crippen molar-refractivity contribution in [2.24, 2.45) is 5.92 Å². The van der Waals surface area contributed by atoms with Crippen LogP contribution in [0, 0.1) is 5.92 Å². The Hall–Kier alpha value is -1.32. The number of anilines is 1. The lowest BCUT2D eigenvalue weighted by Gasteiger charge is -2.27. The summed E-state index contributed by atoms with van der Waals surface area (Å²) < 4.78 is 6.18. The second-order valence-corrected chi connectivity index (χ2v) is 5.80. The predicted molar refractivity (Wildman–Crippen MR) is 82.2 cm³/mol. The van der Waals surface area contributed by atoms with Gasteiger partial charge in [-0.1, -0.05) is 27.2 Å². The van der Waals surface area contributed by atoms with Gasteiger partial charge in [-0.25, -0.2) is 9.97 Å². The summed E-state index contributed by atoms with van der Waals surface area (Å²) in [5.41, 5.74) is 1.11. The van der Waals surface area contributed by atoms with Gasteiger partial charge in [0.1, 0.15) is 18.2 Å². The third-order valence-electron chi connectivity index (χ3n) is 3.97. The van der Waals surface area contributed by atoms with Crippen LogP contribution in [0.4, 0.5) is 5.82 Å². The van der Waals surface area contributed by atoms with Gasteiger partial charge in [-0.05, 0) is 38.0 Å². The maximum absolute atomic E-state index is 6.18. The minimum Gasteiger partial charge on any atom is -0.474 e. The number of nitrogens with one attached hydrogen (secondary N) is 1. The standard InChI is InChI=1S/C16H27N3O/c1-4-9-17-15-14(5-2)16(19-11-18-15)20-13-8-6-7-12(3)10-13/h11-13H,4-10H2,1-3H3,(H,17,18,19). The van der Waals surface area contributed by atoms with Crippen molar-refractivity contribution in [3.05, 3.63) is 11.9 Å². The summed E-state index contributed by atoms with van der Waals surface area (Å²) in [6.07, 6.45) is 8.79. The lowest BCUT2D eigenvalue weighted by molar-refractivity contribution is 0.122. The molecule has 4 nitrogen and oxygen atoms in total. The van der Waals surface area contributed by atoms with E-state index in [0.29, 0.717) is 6.10 Å². The molecule has 2 atom stereocenters. The van der Waals surface area contributed by atoms with E-state index < -0.39 is 0 Å². The van der Waals surface area contributed by atoms with Crippen molar-refractivity contribution in [1.29, 1.82) is 0 Å². The maximum atomic E-state index is 6.18. The molecule has 0 amide bonds. The number of nitrogens with zero attached hydrogens (tertiary/aromatic N) is 2. The van der Waals surface area contributed by atoms with Crippen LogP contribution in [-0.2, 0) is 6.42 Å². The molecular weight excluding hydrogens is 250 g/mol. The summed E-state index contributed by atoms with van der Waals surface area (Å²) in [5.74, 6) is 2.47. The molecule has 1 saturated carbocycles. The molecule has 1 aliphatic rings. The van der Waals surface area contributed by atoms with Crippen molar-refractivity contribution in [2.45, 2.75) is 65.4 Å². The molecule has 0 spiro atoms. The first kappa shape index (κ1) is 15.1. The molecule has 1 heterocycles. The first-order valence-electron chi connectivity index (χ1n) is 7.99. The summed E-state index contributed by atoms with van der Waals surface area (Å²) >= 11 is 0. The fourth-order valence-corrected chi connectivity index (χ4v) is 2.86. The molecule has 1 fully saturated rings. The Kier molecular flexibility index (Phi) is 5.62. The average molecular weight is 277 g/mol. The first-order chi connectivity index (χ1) is 9.74. The zero-order valence-electron chi connectivity index (χ0n) is 13.0. The molecule has 0 bridgehead atoms. The van der Waals surface area contributed by atoms with Crippen LogP contribution in [0.25, 0.3) is 0 Å². The normalized spacial score (nSPS) is 22.6. The van der Waals surface area contributed by atoms with Crippen LogP contribution in [0.5, 0.6) is 5.88 Å². The van der Waals surface area contributed by atoms with Crippen molar-refractivity contribution >= 4 is 5.82 Å². The highest BCUT2D eigenvalue weighted by Crippen LogP contribution is 2.29. The molecule has 1 aromatic heterocycles. The summed E-state index contributed by atoms with van der Waals surface area (Å²) in [7, 11) is 0. The van der Waals surface area contributed by atoms with Gasteiger partial charge >= 0.3 is 0 Å². The van der Waals surface area contributed by atoms with Gasteiger partial charge in [0.2, 0.25) is 5.88 Å². The summed E-state index contributed by atoms with van der Waals surface area (Å²) in [6, 6.07) is 0. The molecule has 4 heteroatoms. The Labute approximate surface area is 122 Å². The van der Waals surface area contributed by atoms with Crippen LogP contribution < -0.4 is 10.1 Å². The van der Waals surface area contributed by atoms with E-state index in [1.165, 1.54) is 12.8 Å². The Morgan fingerprint density at radius 1 is 1.30 bits per heavy atom. The Balaban J connectivity index is 2.09. The third kappa shape index (κ3) is 3.84. The summed E-state index contributed by atoms with van der Waals surface area (Å²) in [5, 5.41) is 3.37. The van der Waals surface area contributed by atoms with Crippen LogP contribution in [-0.4, -0.2) is 22.6 Å². The van der Waals surface area contributed by atoms with Crippen LogP contribution in [0.1, 0.15) is 58.4 Å². The van der Waals surface area contributed by atoms with Gasteiger partial charge < -0.3 is 10.1 Å². The minimum atomic E-state index is 0.318. The van der Waals surface area contributed by atoms with Crippen molar-refractivity contribution in [3.8, 4) is 5.88 Å². The Morgan fingerprint density at radius 3 is 2.85 bits per heavy atom. The van der Waals surface area contributed by atoms with E-state index in [0.717, 1.165) is 55.4 Å². The predicted octanol–water partition coefficient (Wildman–Crippen LogP) is 3.82. The van der Waals surface area contributed by atoms with Gasteiger partial charge in [-0.2, -0.15) is 0 Å². The largest absolute Gasteiger partial charge is 0.474 e. The highest BCUT2D eigenvalue weighted by Gasteiger charge is 2.22. The van der Waals surface area contributed by atoms with Crippen LogP contribution in [0.3, 0.4) is 0 Å². The van der Waals surface area contributed by atoms with Gasteiger partial charge in [0.25, 0.3) is 0 Å². The number of ether oxygens (including phenoxy) is 1. The number of hydrogen-bond donors (Lipinski definition) is 1. The molecule has 2 unspecified atom stereocenters. The van der Waals surface area contributed by atoms with E-state index in [1.807, 2.05) is 0 Å². The first-order valence-corrected chi connectivity index (χ1v) is 7.99. The fourth-order valence-electron chi connectivity index (χ4n) is 2.86. The molecule has 0 aromatic carbocycles. The maximum Gasteiger partial charge on any atom is 0.222 e. The quantitative estimate of drug-likeness (QED) is 0.858. The van der Waals surface area contributed by atoms with Crippen LogP contribution in [0.2, 0.25) is 0 Å². The second-order valence-electron chi connectivity index (χ2n) is 5.80. The Bertz CT molecular complexity index is 422. The van der Waals surface area contributed by atoms with Gasteiger partial charge in [-0.3, -0.25) is 0 Å². The molecule has 20 heavy (non-hydrogen) atoms.